The van der Waals surface area contributed by atoms with E-state index < -0.39 is 5.97 Å². The van der Waals surface area contributed by atoms with Crippen LogP contribution in [-0.4, -0.2) is 34.3 Å². The van der Waals surface area contributed by atoms with Gasteiger partial charge in [0.15, 0.2) is 0 Å². The number of aromatic carboxylic acids is 1. The lowest BCUT2D eigenvalue weighted by molar-refractivity contribution is 0.0524. The molecule has 0 unspecified atom stereocenters. The Morgan fingerprint density at radius 2 is 1.88 bits per heavy atom. The van der Waals surface area contributed by atoms with Gasteiger partial charge < -0.3 is 14.8 Å². The zero-order valence-corrected chi connectivity index (χ0v) is 14.6. The number of hydrogen-bond donors (Lipinski definition) is 3. The van der Waals surface area contributed by atoms with E-state index in [4.69, 9.17) is 9.84 Å². The molecule has 7 heteroatoms. The summed E-state index contributed by atoms with van der Waals surface area (Å²) in [4.78, 5) is 26.1. The Morgan fingerprint density at radius 3 is 2.44 bits per heavy atom. The Bertz CT molecular complexity index is 820. The third-order valence-electron chi connectivity index (χ3n) is 3.76. The number of carboxylic acids is 1. The van der Waals surface area contributed by atoms with Crippen LogP contribution in [0.3, 0.4) is 0 Å². The number of carboxylic acid groups (broad SMARTS) is 1. The second-order valence-corrected chi connectivity index (χ2v) is 5.54. The molecule has 3 N–H and O–H groups in total. The van der Waals surface area contributed by atoms with Gasteiger partial charge in [-0.25, -0.2) is 9.59 Å². The quantitative estimate of drug-likeness (QED) is 0.424. The molecule has 0 atom stereocenters. The summed E-state index contributed by atoms with van der Waals surface area (Å²) in [5.41, 5.74) is 7.19. The number of nitrogens with one attached hydrogen (secondary N) is 2. The minimum absolute atomic E-state index is 0.209. The summed E-state index contributed by atoms with van der Waals surface area (Å²) < 4.78 is 5.08. The van der Waals surface area contributed by atoms with Crippen molar-refractivity contribution in [2.24, 2.45) is 5.10 Å². The zero-order valence-electron chi connectivity index (χ0n) is 14.6. The maximum Gasteiger partial charge on any atom is 0.340 e. The van der Waals surface area contributed by atoms with Crippen LogP contribution in [0.5, 0.6) is 0 Å². The van der Waals surface area contributed by atoms with Gasteiger partial charge in [0.25, 0.3) is 0 Å². The number of ether oxygens (including phenoxy) is 1. The predicted octanol–water partition coefficient (Wildman–Crippen LogP) is 3.34. The summed E-state index contributed by atoms with van der Waals surface area (Å²) in [6, 6.07) is 6.27. The number of carbonyl (C=O) groups excluding carboxylic acids is 1. The molecule has 25 heavy (non-hydrogen) atoms. The molecule has 0 spiro atoms. The largest absolute Gasteiger partial charge is 0.478 e. The van der Waals surface area contributed by atoms with Crippen molar-refractivity contribution < 1.29 is 19.4 Å². The number of benzene rings is 1. The number of rotatable bonds is 6. The van der Waals surface area contributed by atoms with Gasteiger partial charge in [0, 0.05) is 5.69 Å². The summed E-state index contributed by atoms with van der Waals surface area (Å²) in [6.07, 6.45) is 0. The van der Waals surface area contributed by atoms with E-state index in [-0.39, 0.29) is 11.5 Å². The third kappa shape index (κ3) is 4.06. The maximum absolute atomic E-state index is 12.0. The number of esters is 1. The minimum Gasteiger partial charge on any atom is -0.478 e. The Labute approximate surface area is 145 Å². The van der Waals surface area contributed by atoms with Gasteiger partial charge in [-0.15, -0.1) is 0 Å². The summed E-state index contributed by atoms with van der Waals surface area (Å²) in [6.45, 7) is 7.55. The monoisotopic (exact) mass is 343 g/mol. The third-order valence-corrected chi connectivity index (χ3v) is 3.76. The number of anilines is 1. The predicted molar refractivity (Wildman–Crippen MR) is 95.5 cm³/mol. The van der Waals surface area contributed by atoms with E-state index in [9.17, 15) is 9.59 Å². The Balaban J connectivity index is 2.21. The Kier molecular flexibility index (Phi) is 5.59. The fraction of sp³-hybridized carbons (Fsp3) is 0.278. The van der Waals surface area contributed by atoms with Crippen LogP contribution in [0.1, 0.15) is 51.5 Å². The molecule has 1 aromatic heterocycles. The Morgan fingerprint density at radius 1 is 1.24 bits per heavy atom. The highest BCUT2D eigenvalue weighted by atomic mass is 16.5. The maximum atomic E-state index is 12.0. The van der Waals surface area contributed by atoms with Crippen molar-refractivity contribution >= 4 is 23.3 Å². The number of nitrogens with zero attached hydrogens (tertiary/aromatic N) is 1. The van der Waals surface area contributed by atoms with Crippen molar-refractivity contribution in [3.05, 3.63) is 52.3 Å². The van der Waals surface area contributed by atoms with Gasteiger partial charge in [0.05, 0.1) is 34.8 Å². The average molecular weight is 343 g/mol. The topological polar surface area (TPSA) is 104 Å². The number of carbonyl (C=O) groups is 2. The van der Waals surface area contributed by atoms with Gasteiger partial charge in [0.1, 0.15) is 0 Å². The smallest absolute Gasteiger partial charge is 0.340 e. The molecule has 0 amide bonds. The summed E-state index contributed by atoms with van der Waals surface area (Å²) in [5, 5.41) is 13.2. The van der Waals surface area contributed by atoms with Gasteiger partial charge >= 0.3 is 11.9 Å². The van der Waals surface area contributed by atoms with Crippen LogP contribution in [0.4, 0.5) is 5.69 Å². The molecule has 0 fully saturated rings. The molecular formula is C18H21N3O4. The zero-order chi connectivity index (χ0) is 18.6. The van der Waals surface area contributed by atoms with Crippen molar-refractivity contribution in [2.75, 3.05) is 12.0 Å². The van der Waals surface area contributed by atoms with E-state index in [1.54, 1.807) is 19.1 Å². The van der Waals surface area contributed by atoms with Gasteiger partial charge in [0.2, 0.25) is 0 Å². The highest BCUT2D eigenvalue weighted by molar-refractivity contribution is 6.03. The van der Waals surface area contributed by atoms with Crippen LogP contribution >= 0.6 is 0 Å². The van der Waals surface area contributed by atoms with Gasteiger partial charge in [-0.3, -0.25) is 5.43 Å². The van der Waals surface area contributed by atoms with Crippen LogP contribution in [0.25, 0.3) is 0 Å². The molecule has 2 aromatic rings. The van der Waals surface area contributed by atoms with E-state index in [0.29, 0.717) is 23.6 Å². The average Bonchev–Trinajstić information content (AvgIpc) is 2.88. The molecule has 1 aromatic carbocycles. The second-order valence-electron chi connectivity index (χ2n) is 5.54. The van der Waals surface area contributed by atoms with E-state index in [2.05, 4.69) is 15.5 Å². The number of hydrogen-bond acceptors (Lipinski definition) is 5. The number of hydrazone groups is 1. The molecule has 2 rings (SSSR count). The fourth-order valence-corrected chi connectivity index (χ4v) is 2.51. The molecule has 7 nitrogen and oxygen atoms in total. The summed E-state index contributed by atoms with van der Waals surface area (Å²) >= 11 is 0. The van der Waals surface area contributed by atoms with E-state index in [1.165, 1.54) is 12.1 Å². The van der Waals surface area contributed by atoms with E-state index in [0.717, 1.165) is 17.0 Å². The van der Waals surface area contributed by atoms with E-state index in [1.807, 2.05) is 20.8 Å². The molecular weight excluding hydrogens is 322 g/mol. The first-order valence-corrected chi connectivity index (χ1v) is 7.85. The molecule has 0 saturated carbocycles. The molecule has 0 radical (unpaired) electrons. The summed E-state index contributed by atoms with van der Waals surface area (Å²) in [5.74, 6) is -1.33. The first kappa shape index (κ1) is 18.3. The van der Waals surface area contributed by atoms with Crippen LogP contribution in [0.2, 0.25) is 0 Å². The number of H-pyrrole nitrogens is 1. The van der Waals surface area contributed by atoms with Crippen LogP contribution in [0.15, 0.2) is 29.4 Å². The first-order chi connectivity index (χ1) is 11.8. The lowest BCUT2D eigenvalue weighted by Crippen LogP contribution is -2.07. The molecule has 0 saturated heterocycles. The number of aromatic amines is 1. The van der Waals surface area contributed by atoms with Crippen molar-refractivity contribution in [2.45, 2.75) is 27.7 Å². The second kappa shape index (κ2) is 7.65. The van der Waals surface area contributed by atoms with E-state index >= 15 is 0 Å². The normalized spacial score (nSPS) is 11.3. The van der Waals surface area contributed by atoms with Crippen LogP contribution in [0, 0.1) is 13.8 Å². The number of aromatic nitrogens is 1. The molecule has 0 aliphatic carbocycles. The highest BCUT2D eigenvalue weighted by Crippen LogP contribution is 2.20. The van der Waals surface area contributed by atoms with Gasteiger partial charge in [-0.1, -0.05) is 0 Å². The fourth-order valence-electron chi connectivity index (χ4n) is 2.51. The van der Waals surface area contributed by atoms with Crippen LogP contribution < -0.4 is 5.43 Å². The molecule has 0 bridgehead atoms. The van der Waals surface area contributed by atoms with Crippen molar-refractivity contribution in [1.82, 2.24) is 4.98 Å². The number of aryl methyl sites for hydroxylation is 1. The van der Waals surface area contributed by atoms with Crippen molar-refractivity contribution in [3.63, 3.8) is 0 Å². The molecule has 0 aliphatic heterocycles. The standard InChI is InChI=1S/C18H21N3O4/c1-5-25-18(24)15-10(2)16(19-11(15)3)12(4)20-21-14-8-6-13(7-9-14)17(22)23/h6-9,19,21H,5H2,1-4H3,(H,22,23)/b20-12+. The molecule has 0 aliphatic rings. The molecule has 1 heterocycles. The van der Waals surface area contributed by atoms with Gasteiger partial charge in [-0.2, -0.15) is 5.10 Å². The minimum atomic E-state index is -0.977. The molecule has 132 valence electrons. The Hall–Kier alpha value is -3.09. The summed E-state index contributed by atoms with van der Waals surface area (Å²) in [7, 11) is 0. The lowest BCUT2D eigenvalue weighted by atomic mass is 10.1. The van der Waals surface area contributed by atoms with Gasteiger partial charge in [-0.05, 0) is 57.5 Å². The van der Waals surface area contributed by atoms with Crippen molar-refractivity contribution in [1.29, 1.82) is 0 Å². The lowest BCUT2D eigenvalue weighted by Gasteiger charge is -2.05. The highest BCUT2D eigenvalue weighted by Gasteiger charge is 2.20. The SMILES string of the molecule is CCOC(=O)c1c(C)[nH]c(/C(C)=N/Nc2ccc(C(=O)O)cc2)c1C. The van der Waals surface area contributed by atoms with Crippen molar-refractivity contribution in [3.8, 4) is 0 Å². The van der Waals surface area contributed by atoms with Crippen LogP contribution in [-0.2, 0) is 4.74 Å². The first-order valence-electron chi connectivity index (χ1n) is 7.85.